The predicted molar refractivity (Wildman–Crippen MR) is 80.6 cm³/mol. The molecule has 2 heteroatoms. The Bertz CT molecular complexity index is 335. The van der Waals surface area contributed by atoms with Gasteiger partial charge in [0.05, 0.1) is 8.07 Å². The van der Waals surface area contributed by atoms with E-state index in [4.69, 9.17) is 0 Å². The molecule has 1 atom stereocenters. The van der Waals surface area contributed by atoms with E-state index >= 15 is 0 Å². The van der Waals surface area contributed by atoms with Gasteiger partial charge in [-0.2, -0.15) is 0 Å². The van der Waals surface area contributed by atoms with Crippen LogP contribution in [0.4, 0.5) is 0 Å². The summed E-state index contributed by atoms with van der Waals surface area (Å²) in [5.41, 5.74) is 1.39. The second-order valence-corrected chi connectivity index (χ2v) is 11.4. The molecule has 0 amide bonds. The minimum Gasteiger partial charge on any atom is -0.310 e. The highest BCUT2D eigenvalue weighted by Crippen LogP contribution is 2.06. The fourth-order valence-electron chi connectivity index (χ4n) is 1.64. The van der Waals surface area contributed by atoms with E-state index in [0.717, 1.165) is 6.54 Å². The summed E-state index contributed by atoms with van der Waals surface area (Å²) >= 11 is 0. The number of hydrogen-bond acceptors (Lipinski definition) is 1. The van der Waals surface area contributed by atoms with Gasteiger partial charge in [-0.3, -0.25) is 0 Å². The summed E-state index contributed by atoms with van der Waals surface area (Å²) in [6.45, 7) is 14.9. The average Bonchev–Trinajstić information content (AvgIpc) is 2.25. The quantitative estimate of drug-likeness (QED) is 0.789. The molecule has 0 saturated carbocycles. The third kappa shape index (κ3) is 4.64. The highest BCUT2D eigenvalue weighted by molar-refractivity contribution is 6.88. The minimum atomic E-state index is -1.14. The second kappa shape index (κ2) is 5.83. The molecule has 0 aliphatic carbocycles. The van der Waals surface area contributed by atoms with Gasteiger partial charge in [0.25, 0.3) is 0 Å². The van der Waals surface area contributed by atoms with Crippen LogP contribution in [0.3, 0.4) is 0 Å². The molecule has 1 aromatic carbocycles. The molecule has 1 nitrogen and oxygen atoms in total. The van der Waals surface area contributed by atoms with Crippen LogP contribution in [0.2, 0.25) is 19.6 Å². The van der Waals surface area contributed by atoms with Crippen LogP contribution in [0.15, 0.2) is 24.3 Å². The molecular formula is C15H27NSi. The van der Waals surface area contributed by atoms with Crippen LogP contribution >= 0.6 is 0 Å². The van der Waals surface area contributed by atoms with Gasteiger partial charge < -0.3 is 5.32 Å². The summed E-state index contributed by atoms with van der Waals surface area (Å²) in [6.07, 6.45) is 0. The predicted octanol–water partition coefficient (Wildman–Crippen LogP) is 3.37. The van der Waals surface area contributed by atoms with Crippen LogP contribution in [0.1, 0.15) is 26.3 Å². The SMILES string of the molecule is CC(C)C(C)NCc1ccc([Si](C)(C)C)cc1. The summed E-state index contributed by atoms with van der Waals surface area (Å²) < 4.78 is 0. The van der Waals surface area contributed by atoms with Crippen molar-refractivity contribution in [2.45, 2.75) is 53.0 Å². The molecule has 0 bridgehead atoms. The van der Waals surface area contributed by atoms with Gasteiger partial charge >= 0.3 is 0 Å². The first-order chi connectivity index (χ1) is 7.80. The maximum atomic E-state index is 3.57. The van der Waals surface area contributed by atoms with E-state index in [0.29, 0.717) is 12.0 Å². The lowest BCUT2D eigenvalue weighted by Crippen LogP contribution is -2.37. The molecular weight excluding hydrogens is 222 g/mol. The van der Waals surface area contributed by atoms with Crippen molar-refractivity contribution in [3.8, 4) is 0 Å². The fraction of sp³-hybridized carbons (Fsp3) is 0.600. The average molecular weight is 249 g/mol. The number of rotatable bonds is 5. The summed E-state index contributed by atoms with van der Waals surface area (Å²) in [6, 6.07) is 9.74. The van der Waals surface area contributed by atoms with Crippen LogP contribution in [0.25, 0.3) is 0 Å². The molecule has 1 N–H and O–H groups in total. The Morgan fingerprint density at radius 3 is 1.94 bits per heavy atom. The number of hydrogen-bond donors (Lipinski definition) is 1. The zero-order valence-electron chi connectivity index (χ0n) is 12.2. The van der Waals surface area contributed by atoms with Crippen molar-refractivity contribution in [2.75, 3.05) is 0 Å². The lowest BCUT2D eigenvalue weighted by atomic mass is 10.1. The molecule has 0 aliphatic rings. The Morgan fingerprint density at radius 1 is 1.00 bits per heavy atom. The van der Waals surface area contributed by atoms with Gasteiger partial charge in [-0.05, 0) is 18.4 Å². The lowest BCUT2D eigenvalue weighted by Gasteiger charge is -2.19. The zero-order valence-corrected chi connectivity index (χ0v) is 13.2. The van der Waals surface area contributed by atoms with Crippen LogP contribution in [0.5, 0.6) is 0 Å². The highest BCUT2D eigenvalue weighted by Gasteiger charge is 2.15. The number of nitrogens with one attached hydrogen (secondary N) is 1. The summed E-state index contributed by atoms with van der Waals surface area (Å²) in [4.78, 5) is 0. The molecule has 0 aromatic heterocycles. The topological polar surface area (TPSA) is 12.0 Å². The van der Waals surface area contributed by atoms with Crippen molar-refractivity contribution < 1.29 is 0 Å². The molecule has 0 spiro atoms. The maximum absolute atomic E-state index is 3.57. The third-order valence-corrected chi connectivity index (χ3v) is 5.51. The molecule has 1 rings (SSSR count). The van der Waals surface area contributed by atoms with Gasteiger partial charge in [0.15, 0.2) is 0 Å². The summed E-state index contributed by atoms with van der Waals surface area (Å²) in [5, 5.41) is 5.11. The van der Waals surface area contributed by atoms with Crippen molar-refractivity contribution in [3.05, 3.63) is 29.8 Å². The monoisotopic (exact) mass is 249 g/mol. The van der Waals surface area contributed by atoms with Crippen molar-refractivity contribution in [1.82, 2.24) is 5.32 Å². The van der Waals surface area contributed by atoms with Crippen molar-refractivity contribution >= 4 is 13.3 Å². The van der Waals surface area contributed by atoms with Gasteiger partial charge in [-0.1, -0.05) is 62.9 Å². The first-order valence-electron chi connectivity index (χ1n) is 6.63. The Hall–Kier alpha value is -0.603. The molecule has 0 heterocycles. The molecule has 0 fully saturated rings. The van der Waals surface area contributed by atoms with E-state index in [2.05, 4.69) is 70.0 Å². The van der Waals surface area contributed by atoms with E-state index in [-0.39, 0.29) is 0 Å². The number of benzene rings is 1. The molecule has 1 unspecified atom stereocenters. The first kappa shape index (κ1) is 14.5. The van der Waals surface area contributed by atoms with Gasteiger partial charge in [0.2, 0.25) is 0 Å². The Morgan fingerprint density at radius 2 is 1.53 bits per heavy atom. The Kier molecular flexibility index (Phi) is 4.96. The maximum Gasteiger partial charge on any atom is 0.0775 e. The van der Waals surface area contributed by atoms with Crippen molar-refractivity contribution in [3.63, 3.8) is 0 Å². The molecule has 17 heavy (non-hydrogen) atoms. The van der Waals surface area contributed by atoms with Crippen LogP contribution in [-0.4, -0.2) is 14.1 Å². The van der Waals surface area contributed by atoms with Crippen LogP contribution < -0.4 is 10.5 Å². The Labute approximate surface area is 108 Å². The molecule has 1 aromatic rings. The highest BCUT2D eigenvalue weighted by atomic mass is 28.3. The van der Waals surface area contributed by atoms with Crippen molar-refractivity contribution in [1.29, 1.82) is 0 Å². The summed E-state index contributed by atoms with van der Waals surface area (Å²) in [7, 11) is -1.14. The molecule has 0 saturated heterocycles. The molecule has 0 radical (unpaired) electrons. The van der Waals surface area contributed by atoms with Gasteiger partial charge in [0.1, 0.15) is 0 Å². The van der Waals surface area contributed by atoms with Gasteiger partial charge in [-0.25, -0.2) is 0 Å². The van der Waals surface area contributed by atoms with Gasteiger partial charge in [0, 0.05) is 12.6 Å². The van der Waals surface area contributed by atoms with Crippen LogP contribution in [-0.2, 0) is 6.54 Å². The smallest absolute Gasteiger partial charge is 0.0775 e. The standard InChI is InChI=1S/C15H27NSi/c1-12(2)13(3)16-11-14-7-9-15(10-8-14)17(4,5)6/h7-10,12-13,16H,11H2,1-6H3. The zero-order chi connectivity index (χ0) is 13.1. The van der Waals surface area contributed by atoms with Crippen LogP contribution in [0, 0.1) is 5.92 Å². The van der Waals surface area contributed by atoms with E-state index in [1.165, 1.54) is 10.8 Å². The largest absolute Gasteiger partial charge is 0.310 e. The third-order valence-electron chi connectivity index (χ3n) is 3.45. The molecule has 96 valence electrons. The van der Waals surface area contributed by atoms with E-state index in [9.17, 15) is 0 Å². The first-order valence-corrected chi connectivity index (χ1v) is 10.1. The lowest BCUT2D eigenvalue weighted by molar-refractivity contribution is 0.426. The Balaban J connectivity index is 2.57. The van der Waals surface area contributed by atoms with E-state index < -0.39 is 8.07 Å². The van der Waals surface area contributed by atoms with E-state index in [1.54, 1.807) is 0 Å². The van der Waals surface area contributed by atoms with E-state index in [1.807, 2.05) is 0 Å². The van der Waals surface area contributed by atoms with Crippen molar-refractivity contribution in [2.24, 2.45) is 5.92 Å². The minimum absolute atomic E-state index is 0.576. The second-order valence-electron chi connectivity index (χ2n) is 6.36. The normalized spacial score (nSPS) is 14.1. The summed E-state index contributed by atoms with van der Waals surface area (Å²) in [5.74, 6) is 0.691. The fourth-order valence-corrected chi connectivity index (χ4v) is 2.80. The van der Waals surface area contributed by atoms with Gasteiger partial charge in [-0.15, -0.1) is 0 Å². The molecule has 0 aliphatic heterocycles.